The van der Waals surface area contributed by atoms with Crippen LogP contribution in [0.15, 0.2) is 42.1 Å². The van der Waals surface area contributed by atoms with E-state index in [-0.39, 0.29) is 5.97 Å². The van der Waals surface area contributed by atoms with E-state index < -0.39 is 0 Å². The number of anilines is 1. The fraction of sp³-hybridized carbons (Fsp3) is 0.438. The molecule has 1 aromatic rings. The number of rotatable bonds is 7. The van der Waals surface area contributed by atoms with Crippen molar-refractivity contribution < 1.29 is 9.53 Å². The predicted octanol–water partition coefficient (Wildman–Crippen LogP) is 3.98. The van der Waals surface area contributed by atoms with Crippen LogP contribution in [0.3, 0.4) is 0 Å². The van der Waals surface area contributed by atoms with E-state index in [1.807, 2.05) is 37.3 Å². The Morgan fingerprint density at radius 1 is 1.32 bits per heavy atom. The summed E-state index contributed by atoms with van der Waals surface area (Å²) in [4.78, 5) is 11.5. The third-order valence-corrected chi connectivity index (χ3v) is 2.65. The van der Waals surface area contributed by atoms with Gasteiger partial charge in [-0.3, -0.25) is 0 Å². The lowest BCUT2D eigenvalue weighted by Gasteiger charge is -2.12. The monoisotopic (exact) mass is 261 g/mol. The van der Waals surface area contributed by atoms with Crippen molar-refractivity contribution in [3.05, 3.63) is 42.1 Å². The molecule has 0 aromatic heterocycles. The Hall–Kier alpha value is -1.77. The van der Waals surface area contributed by atoms with Crippen molar-refractivity contribution in [1.29, 1.82) is 0 Å². The Bertz CT molecular complexity index is 410. The molecule has 3 nitrogen and oxygen atoms in total. The van der Waals surface area contributed by atoms with E-state index in [0.29, 0.717) is 12.5 Å². The van der Waals surface area contributed by atoms with E-state index in [2.05, 4.69) is 19.2 Å². The first-order valence-electron chi connectivity index (χ1n) is 6.81. The molecule has 0 heterocycles. The molecule has 0 fully saturated rings. The summed E-state index contributed by atoms with van der Waals surface area (Å²) < 4.78 is 4.96. The molecule has 0 aliphatic carbocycles. The van der Waals surface area contributed by atoms with Crippen LogP contribution in [0.1, 0.15) is 33.6 Å². The number of hydrogen-bond donors (Lipinski definition) is 1. The normalized spacial score (nSPS) is 11.5. The minimum absolute atomic E-state index is 0.287. The van der Waals surface area contributed by atoms with E-state index in [1.165, 1.54) is 0 Å². The second-order valence-electron chi connectivity index (χ2n) is 4.85. The molecular weight excluding hydrogens is 238 g/mol. The van der Waals surface area contributed by atoms with Gasteiger partial charge in [0.1, 0.15) is 0 Å². The molecule has 3 heteroatoms. The Balaban J connectivity index is 2.71. The van der Waals surface area contributed by atoms with E-state index in [9.17, 15) is 4.79 Å². The first-order valence-corrected chi connectivity index (χ1v) is 6.81. The van der Waals surface area contributed by atoms with Gasteiger partial charge in [-0.05, 0) is 37.8 Å². The van der Waals surface area contributed by atoms with Gasteiger partial charge in [0, 0.05) is 17.5 Å². The summed E-state index contributed by atoms with van der Waals surface area (Å²) in [6, 6.07) is 9.86. The maximum atomic E-state index is 11.5. The minimum Gasteiger partial charge on any atom is -0.463 e. The van der Waals surface area contributed by atoms with Crippen LogP contribution in [-0.4, -0.2) is 12.6 Å². The molecule has 1 rings (SSSR count). The van der Waals surface area contributed by atoms with Gasteiger partial charge in [0.25, 0.3) is 0 Å². The van der Waals surface area contributed by atoms with Crippen LogP contribution in [0, 0.1) is 5.92 Å². The maximum Gasteiger partial charge on any atom is 0.332 e. The lowest BCUT2D eigenvalue weighted by molar-refractivity contribution is -0.137. The molecular formula is C16H23NO2. The number of para-hydroxylation sites is 1. The number of ether oxygens (including phenoxy) is 1. The maximum absolute atomic E-state index is 11.5. The largest absolute Gasteiger partial charge is 0.463 e. The zero-order valence-corrected chi connectivity index (χ0v) is 12.0. The lowest BCUT2D eigenvalue weighted by atomic mass is 10.1. The third-order valence-electron chi connectivity index (χ3n) is 2.65. The Morgan fingerprint density at radius 2 is 2.00 bits per heavy atom. The number of benzene rings is 1. The predicted molar refractivity (Wildman–Crippen MR) is 78.9 cm³/mol. The van der Waals surface area contributed by atoms with Crippen molar-refractivity contribution in [2.24, 2.45) is 5.92 Å². The van der Waals surface area contributed by atoms with E-state index in [1.54, 1.807) is 6.08 Å². The highest BCUT2D eigenvalue weighted by atomic mass is 16.5. The van der Waals surface area contributed by atoms with Crippen molar-refractivity contribution in [3.8, 4) is 0 Å². The van der Waals surface area contributed by atoms with Crippen LogP contribution in [0.25, 0.3) is 0 Å². The van der Waals surface area contributed by atoms with Crippen LogP contribution < -0.4 is 5.32 Å². The SMILES string of the molecule is CCOC(=O)/C=C(/CCC(C)C)Nc1ccccc1. The van der Waals surface area contributed by atoms with Crippen LogP contribution >= 0.6 is 0 Å². The molecule has 0 saturated heterocycles. The number of nitrogens with one attached hydrogen (secondary N) is 1. The summed E-state index contributed by atoms with van der Waals surface area (Å²) in [5.74, 6) is 0.313. The van der Waals surface area contributed by atoms with Crippen LogP contribution in [0.2, 0.25) is 0 Å². The van der Waals surface area contributed by atoms with Crippen molar-refractivity contribution in [2.75, 3.05) is 11.9 Å². The summed E-state index contributed by atoms with van der Waals surface area (Å²) in [5, 5.41) is 3.28. The van der Waals surface area contributed by atoms with Crippen LogP contribution in [0.5, 0.6) is 0 Å². The average molecular weight is 261 g/mol. The fourth-order valence-electron chi connectivity index (χ4n) is 1.65. The smallest absolute Gasteiger partial charge is 0.332 e. The van der Waals surface area contributed by atoms with E-state index >= 15 is 0 Å². The summed E-state index contributed by atoms with van der Waals surface area (Å²) in [6.07, 6.45) is 3.43. The highest BCUT2D eigenvalue weighted by Gasteiger charge is 2.05. The van der Waals surface area contributed by atoms with Gasteiger partial charge in [-0.2, -0.15) is 0 Å². The number of allylic oxidation sites excluding steroid dienone is 1. The highest BCUT2D eigenvalue weighted by molar-refractivity contribution is 5.83. The fourth-order valence-corrected chi connectivity index (χ4v) is 1.65. The first-order chi connectivity index (χ1) is 9.11. The van der Waals surface area contributed by atoms with Crippen LogP contribution in [0.4, 0.5) is 5.69 Å². The molecule has 19 heavy (non-hydrogen) atoms. The summed E-state index contributed by atoms with van der Waals surface area (Å²) >= 11 is 0. The van der Waals surface area contributed by atoms with Crippen molar-refractivity contribution in [2.45, 2.75) is 33.6 Å². The van der Waals surface area contributed by atoms with Crippen LogP contribution in [-0.2, 0) is 9.53 Å². The quantitative estimate of drug-likeness (QED) is 0.596. The molecule has 104 valence electrons. The first kappa shape index (κ1) is 15.3. The van der Waals surface area contributed by atoms with Crippen molar-refractivity contribution in [3.63, 3.8) is 0 Å². The Kier molecular flexibility index (Phi) is 6.72. The molecule has 0 radical (unpaired) electrons. The van der Waals surface area contributed by atoms with Gasteiger partial charge in [0.2, 0.25) is 0 Å². The summed E-state index contributed by atoms with van der Waals surface area (Å²) in [6.45, 7) is 6.55. The Labute approximate surface area is 115 Å². The second kappa shape index (κ2) is 8.35. The van der Waals surface area contributed by atoms with Gasteiger partial charge in [0.05, 0.1) is 6.61 Å². The number of carbonyl (C=O) groups excluding carboxylic acids is 1. The van der Waals surface area contributed by atoms with Crippen molar-refractivity contribution >= 4 is 11.7 Å². The molecule has 1 aromatic carbocycles. The molecule has 0 aliphatic heterocycles. The number of esters is 1. The van der Waals surface area contributed by atoms with E-state index in [4.69, 9.17) is 4.74 Å². The Morgan fingerprint density at radius 3 is 2.58 bits per heavy atom. The summed E-state index contributed by atoms with van der Waals surface area (Å²) in [7, 11) is 0. The lowest BCUT2D eigenvalue weighted by Crippen LogP contribution is -2.07. The number of hydrogen-bond acceptors (Lipinski definition) is 3. The zero-order chi connectivity index (χ0) is 14.1. The molecule has 0 saturated carbocycles. The molecule has 0 atom stereocenters. The van der Waals surface area contributed by atoms with Gasteiger partial charge >= 0.3 is 5.97 Å². The minimum atomic E-state index is -0.287. The van der Waals surface area contributed by atoms with Gasteiger partial charge in [-0.25, -0.2) is 4.79 Å². The molecule has 0 aliphatic rings. The topological polar surface area (TPSA) is 38.3 Å². The molecule has 0 spiro atoms. The third kappa shape index (κ3) is 6.65. The van der Waals surface area contributed by atoms with E-state index in [0.717, 1.165) is 24.2 Å². The zero-order valence-electron chi connectivity index (χ0n) is 12.0. The van der Waals surface area contributed by atoms with Gasteiger partial charge in [0.15, 0.2) is 0 Å². The average Bonchev–Trinajstić information content (AvgIpc) is 2.37. The van der Waals surface area contributed by atoms with Gasteiger partial charge in [-0.15, -0.1) is 0 Å². The molecule has 0 bridgehead atoms. The highest BCUT2D eigenvalue weighted by Crippen LogP contribution is 2.15. The van der Waals surface area contributed by atoms with Gasteiger partial charge < -0.3 is 10.1 Å². The second-order valence-corrected chi connectivity index (χ2v) is 4.85. The van der Waals surface area contributed by atoms with Crippen molar-refractivity contribution in [1.82, 2.24) is 0 Å². The standard InChI is InChI=1S/C16H23NO2/c1-4-19-16(18)12-15(11-10-13(2)3)17-14-8-6-5-7-9-14/h5-9,12-13,17H,4,10-11H2,1-3H3/b15-12-. The number of carbonyl (C=O) groups is 1. The van der Waals surface area contributed by atoms with Gasteiger partial charge in [-0.1, -0.05) is 32.0 Å². The summed E-state index contributed by atoms with van der Waals surface area (Å²) in [5.41, 5.74) is 1.89. The molecule has 0 amide bonds. The molecule has 1 N–H and O–H groups in total. The molecule has 0 unspecified atom stereocenters.